The van der Waals surface area contributed by atoms with E-state index in [1.54, 1.807) is 0 Å². The average Bonchev–Trinajstić information content (AvgIpc) is 1.57. The SMILES string of the molecule is CC(C)([O-])C#CC(C)(C)[O-].[K+].[K+]. The Morgan fingerprint density at radius 3 is 1.00 bits per heavy atom. The first-order valence-corrected chi connectivity index (χ1v) is 3.16. The summed E-state index contributed by atoms with van der Waals surface area (Å²) < 4.78 is 0. The van der Waals surface area contributed by atoms with Crippen LogP contribution in [0.2, 0.25) is 0 Å². The first-order chi connectivity index (χ1) is 4.21. The molecule has 12 heavy (non-hydrogen) atoms. The topological polar surface area (TPSA) is 46.1 Å². The minimum atomic E-state index is -1.30. The Labute approximate surface area is 160 Å². The Morgan fingerprint density at radius 1 is 0.750 bits per heavy atom. The van der Waals surface area contributed by atoms with Gasteiger partial charge in [-0.15, -0.1) is 11.8 Å². The van der Waals surface area contributed by atoms with Gasteiger partial charge in [0.1, 0.15) is 0 Å². The Balaban J connectivity index is -0.000000405. The third-order valence-electron chi connectivity index (χ3n) is 0.665. The number of hydrogen-bond acceptors (Lipinski definition) is 2. The van der Waals surface area contributed by atoms with E-state index >= 15 is 0 Å². The molecular weight excluding hydrogens is 206 g/mol. The molecular formula is C8H12K2O2. The van der Waals surface area contributed by atoms with Crippen molar-refractivity contribution in [3.05, 3.63) is 0 Å². The van der Waals surface area contributed by atoms with E-state index in [9.17, 15) is 10.2 Å². The molecule has 0 rings (SSSR count). The van der Waals surface area contributed by atoms with Crippen LogP contribution in [0, 0.1) is 11.8 Å². The Hall–Kier alpha value is 2.75. The molecule has 0 aromatic carbocycles. The molecule has 0 aliphatic heterocycles. The molecule has 0 spiro atoms. The second-order valence-corrected chi connectivity index (χ2v) is 3.27. The maximum Gasteiger partial charge on any atom is 1.00 e. The van der Waals surface area contributed by atoms with Crippen molar-refractivity contribution in [2.45, 2.75) is 38.9 Å². The molecule has 0 aliphatic rings. The third kappa shape index (κ3) is 18.5. The molecule has 0 aliphatic carbocycles. The zero-order chi connectivity index (χ0) is 8.41. The van der Waals surface area contributed by atoms with Crippen LogP contribution in [0.15, 0.2) is 0 Å². The van der Waals surface area contributed by atoms with E-state index in [1.165, 1.54) is 27.7 Å². The monoisotopic (exact) mass is 218 g/mol. The van der Waals surface area contributed by atoms with Crippen molar-refractivity contribution in [3.8, 4) is 11.8 Å². The normalized spacial score (nSPS) is 10.2. The largest absolute Gasteiger partial charge is 1.00 e. The van der Waals surface area contributed by atoms with E-state index in [2.05, 4.69) is 11.8 Å². The van der Waals surface area contributed by atoms with Gasteiger partial charge in [0.25, 0.3) is 0 Å². The van der Waals surface area contributed by atoms with Crippen molar-refractivity contribution in [1.29, 1.82) is 0 Å². The van der Waals surface area contributed by atoms with Crippen LogP contribution in [-0.4, -0.2) is 11.2 Å². The molecule has 0 aromatic rings. The number of rotatable bonds is 0. The van der Waals surface area contributed by atoms with Crippen molar-refractivity contribution in [3.63, 3.8) is 0 Å². The molecule has 4 heteroatoms. The van der Waals surface area contributed by atoms with Gasteiger partial charge < -0.3 is 10.2 Å². The zero-order valence-corrected chi connectivity index (χ0v) is 15.1. The Bertz CT molecular complexity index is 148. The minimum absolute atomic E-state index is 0. The zero-order valence-electron chi connectivity index (χ0n) is 8.82. The smallest absolute Gasteiger partial charge is 0.840 e. The fraction of sp³-hybridized carbons (Fsp3) is 0.750. The van der Waals surface area contributed by atoms with Gasteiger partial charge in [0.2, 0.25) is 0 Å². The molecule has 0 heterocycles. The summed E-state index contributed by atoms with van der Waals surface area (Å²) in [6.07, 6.45) is 0. The minimum Gasteiger partial charge on any atom is -0.840 e. The van der Waals surface area contributed by atoms with Gasteiger partial charge in [0.05, 0.1) is 0 Å². The first-order valence-electron chi connectivity index (χ1n) is 3.16. The summed E-state index contributed by atoms with van der Waals surface area (Å²) in [5, 5.41) is 21.7. The standard InChI is InChI=1S/C8H12O2.2K/c1-7(2,9)5-6-8(3,4)10;;/h1-4H3;;/q-2;2*+1. The fourth-order valence-corrected chi connectivity index (χ4v) is 0.301. The van der Waals surface area contributed by atoms with Crippen LogP contribution in [0.1, 0.15) is 27.7 Å². The predicted octanol–water partition coefficient (Wildman–Crippen LogP) is -6.72. The Morgan fingerprint density at radius 2 is 0.917 bits per heavy atom. The van der Waals surface area contributed by atoms with Gasteiger partial charge >= 0.3 is 103 Å². The molecule has 0 N–H and O–H groups in total. The summed E-state index contributed by atoms with van der Waals surface area (Å²) >= 11 is 0. The van der Waals surface area contributed by atoms with E-state index in [1.807, 2.05) is 0 Å². The van der Waals surface area contributed by atoms with Gasteiger partial charge in [0.15, 0.2) is 0 Å². The third-order valence-corrected chi connectivity index (χ3v) is 0.665. The van der Waals surface area contributed by atoms with Crippen molar-refractivity contribution >= 4 is 0 Å². The molecule has 0 saturated heterocycles. The summed E-state index contributed by atoms with van der Waals surface area (Å²) in [6, 6.07) is 0. The second-order valence-electron chi connectivity index (χ2n) is 3.27. The van der Waals surface area contributed by atoms with Crippen molar-refractivity contribution in [2.24, 2.45) is 0 Å². The quantitative estimate of drug-likeness (QED) is 0.300. The molecule has 0 saturated carbocycles. The summed E-state index contributed by atoms with van der Waals surface area (Å²) in [4.78, 5) is 0. The first kappa shape index (κ1) is 20.2. The van der Waals surface area contributed by atoms with Gasteiger partial charge in [-0.2, -0.15) is 0 Å². The van der Waals surface area contributed by atoms with E-state index in [0.29, 0.717) is 0 Å². The van der Waals surface area contributed by atoms with Crippen molar-refractivity contribution < 1.29 is 113 Å². The van der Waals surface area contributed by atoms with Crippen LogP contribution in [0.25, 0.3) is 0 Å². The van der Waals surface area contributed by atoms with Crippen molar-refractivity contribution in [2.75, 3.05) is 0 Å². The van der Waals surface area contributed by atoms with Gasteiger partial charge in [0, 0.05) is 0 Å². The molecule has 0 bridgehead atoms. The molecule has 0 aromatic heterocycles. The molecule has 2 nitrogen and oxygen atoms in total. The van der Waals surface area contributed by atoms with Crippen LogP contribution < -0.4 is 113 Å². The van der Waals surface area contributed by atoms with Crippen LogP contribution in [-0.2, 0) is 0 Å². The van der Waals surface area contributed by atoms with Gasteiger partial charge in [-0.1, -0.05) is 38.9 Å². The summed E-state index contributed by atoms with van der Waals surface area (Å²) in [5.74, 6) is 4.69. The second kappa shape index (κ2) is 7.97. The van der Waals surface area contributed by atoms with Gasteiger partial charge in [-0.05, 0) is 0 Å². The van der Waals surface area contributed by atoms with Gasteiger partial charge in [-0.25, -0.2) is 0 Å². The molecule has 0 unspecified atom stereocenters. The maximum absolute atomic E-state index is 10.8. The summed E-state index contributed by atoms with van der Waals surface area (Å²) in [6.45, 7) is 5.74. The van der Waals surface area contributed by atoms with E-state index < -0.39 is 11.2 Å². The van der Waals surface area contributed by atoms with Gasteiger partial charge in [-0.3, -0.25) is 0 Å². The molecule has 0 atom stereocenters. The van der Waals surface area contributed by atoms with Crippen LogP contribution >= 0.6 is 0 Å². The molecule has 58 valence electrons. The number of hydrogen-bond donors (Lipinski definition) is 0. The van der Waals surface area contributed by atoms with E-state index in [0.717, 1.165) is 0 Å². The van der Waals surface area contributed by atoms with Crippen LogP contribution in [0.5, 0.6) is 0 Å². The molecule has 0 fully saturated rings. The van der Waals surface area contributed by atoms with Crippen molar-refractivity contribution in [1.82, 2.24) is 0 Å². The van der Waals surface area contributed by atoms with E-state index in [-0.39, 0.29) is 103 Å². The van der Waals surface area contributed by atoms with Crippen LogP contribution in [0.4, 0.5) is 0 Å². The summed E-state index contributed by atoms with van der Waals surface area (Å²) in [5.41, 5.74) is -2.61. The molecule has 0 amide bonds. The molecule has 0 radical (unpaired) electrons. The predicted molar refractivity (Wildman–Crippen MR) is 35.9 cm³/mol. The van der Waals surface area contributed by atoms with Crippen LogP contribution in [0.3, 0.4) is 0 Å². The maximum atomic E-state index is 10.8. The summed E-state index contributed by atoms with van der Waals surface area (Å²) in [7, 11) is 0. The average molecular weight is 218 g/mol. The fourth-order valence-electron chi connectivity index (χ4n) is 0.301. The Kier molecular flexibility index (Phi) is 13.4. The van der Waals surface area contributed by atoms with E-state index in [4.69, 9.17) is 0 Å².